The maximum atomic E-state index is 13.5. The minimum absolute atomic E-state index is 0.169. The van der Waals surface area contributed by atoms with Crippen LogP contribution in [0, 0.1) is 5.82 Å². The highest BCUT2D eigenvalue weighted by Crippen LogP contribution is 2.17. The number of hydrogen-bond donors (Lipinski definition) is 1. The zero-order chi connectivity index (χ0) is 17.0. The van der Waals surface area contributed by atoms with Crippen molar-refractivity contribution in [2.24, 2.45) is 0 Å². The molecule has 120 valence electrons. The van der Waals surface area contributed by atoms with E-state index in [1.165, 1.54) is 42.5 Å². The molecule has 1 N–H and O–H groups in total. The van der Waals surface area contributed by atoms with Crippen LogP contribution in [-0.2, 0) is 14.6 Å². The number of rotatable bonds is 4. The average molecular weight is 398 g/mol. The number of benzene rings is 2. The summed E-state index contributed by atoms with van der Waals surface area (Å²) in [4.78, 5) is 12.0. The van der Waals surface area contributed by atoms with Crippen molar-refractivity contribution < 1.29 is 17.6 Å². The summed E-state index contributed by atoms with van der Waals surface area (Å²) < 4.78 is 36.9. The molecule has 0 spiro atoms. The van der Waals surface area contributed by atoms with E-state index in [4.69, 9.17) is 0 Å². The van der Waals surface area contributed by atoms with Crippen LogP contribution >= 0.6 is 15.9 Å². The van der Waals surface area contributed by atoms with Crippen LogP contribution in [0.25, 0.3) is 6.08 Å². The summed E-state index contributed by atoms with van der Waals surface area (Å²) in [5.41, 5.74) is 0.726. The predicted octanol–water partition coefficient (Wildman–Crippen LogP) is 3.64. The van der Waals surface area contributed by atoms with Crippen molar-refractivity contribution in [2.75, 3.05) is 11.6 Å². The van der Waals surface area contributed by atoms with Gasteiger partial charge in [-0.05, 0) is 48.5 Å². The van der Waals surface area contributed by atoms with Gasteiger partial charge in [-0.1, -0.05) is 15.9 Å². The maximum Gasteiger partial charge on any atom is 0.248 e. The Labute approximate surface area is 142 Å². The molecular weight excluding hydrogens is 385 g/mol. The van der Waals surface area contributed by atoms with Crippen molar-refractivity contribution in [1.29, 1.82) is 0 Å². The zero-order valence-corrected chi connectivity index (χ0v) is 14.5. The van der Waals surface area contributed by atoms with Crippen LogP contribution in [0.1, 0.15) is 5.56 Å². The van der Waals surface area contributed by atoms with E-state index in [1.54, 1.807) is 12.1 Å². The molecule has 0 unspecified atom stereocenters. The summed E-state index contributed by atoms with van der Waals surface area (Å²) in [6.45, 7) is 0. The number of halogens is 2. The molecule has 0 atom stereocenters. The van der Waals surface area contributed by atoms with E-state index in [0.29, 0.717) is 10.2 Å². The van der Waals surface area contributed by atoms with E-state index in [1.807, 2.05) is 0 Å². The van der Waals surface area contributed by atoms with Gasteiger partial charge in [-0.25, -0.2) is 12.8 Å². The molecule has 0 fully saturated rings. The van der Waals surface area contributed by atoms with Gasteiger partial charge in [-0.3, -0.25) is 4.79 Å². The zero-order valence-electron chi connectivity index (χ0n) is 12.1. The third-order valence-electron chi connectivity index (χ3n) is 2.92. The number of anilines is 1. The first kappa shape index (κ1) is 17.4. The highest BCUT2D eigenvalue weighted by Gasteiger charge is 2.07. The van der Waals surface area contributed by atoms with Crippen LogP contribution < -0.4 is 5.32 Å². The Morgan fingerprint density at radius 2 is 1.83 bits per heavy atom. The van der Waals surface area contributed by atoms with E-state index in [9.17, 15) is 17.6 Å². The molecule has 0 aliphatic carbocycles. The van der Waals surface area contributed by atoms with Crippen LogP contribution in [0.3, 0.4) is 0 Å². The van der Waals surface area contributed by atoms with E-state index in [0.717, 1.165) is 6.26 Å². The van der Waals surface area contributed by atoms with Gasteiger partial charge in [0.25, 0.3) is 0 Å². The number of sulfone groups is 1. The molecule has 2 rings (SSSR count). The van der Waals surface area contributed by atoms with Gasteiger partial charge in [0.2, 0.25) is 5.91 Å². The van der Waals surface area contributed by atoms with Gasteiger partial charge in [-0.2, -0.15) is 0 Å². The fraction of sp³-hybridized carbons (Fsp3) is 0.0625. The summed E-state index contributed by atoms with van der Waals surface area (Å²) in [7, 11) is -3.28. The van der Waals surface area contributed by atoms with Gasteiger partial charge in [-0.15, -0.1) is 0 Å². The molecule has 0 saturated carbocycles. The Hall–Kier alpha value is -1.99. The first-order valence-electron chi connectivity index (χ1n) is 6.50. The average Bonchev–Trinajstić information content (AvgIpc) is 2.48. The first-order chi connectivity index (χ1) is 10.8. The van der Waals surface area contributed by atoms with Crippen molar-refractivity contribution in [3.63, 3.8) is 0 Å². The minimum Gasteiger partial charge on any atom is -0.323 e. The second-order valence-electron chi connectivity index (χ2n) is 4.78. The lowest BCUT2D eigenvalue weighted by atomic mass is 10.2. The molecule has 1 amide bonds. The summed E-state index contributed by atoms with van der Waals surface area (Å²) >= 11 is 3.23. The van der Waals surface area contributed by atoms with E-state index < -0.39 is 21.6 Å². The van der Waals surface area contributed by atoms with Gasteiger partial charge in [0.1, 0.15) is 5.82 Å². The normalized spacial score (nSPS) is 11.6. The second kappa shape index (κ2) is 7.06. The standard InChI is InChI=1S/C16H13BrFNO3S/c1-23(21,22)14-6-4-13(5-7-14)19-16(20)9-2-11-10-12(17)3-8-15(11)18/h2-10H,1H3,(H,19,20)/b9-2+. The Bertz CT molecular complexity index is 861. The smallest absolute Gasteiger partial charge is 0.248 e. The molecule has 0 aromatic heterocycles. The van der Waals surface area contributed by atoms with E-state index >= 15 is 0 Å². The maximum absolute atomic E-state index is 13.5. The highest BCUT2D eigenvalue weighted by molar-refractivity contribution is 9.10. The summed E-state index contributed by atoms with van der Waals surface area (Å²) in [5.74, 6) is -0.883. The molecule has 0 saturated heterocycles. The first-order valence-corrected chi connectivity index (χ1v) is 9.18. The monoisotopic (exact) mass is 397 g/mol. The Balaban J connectivity index is 2.07. The highest BCUT2D eigenvalue weighted by atomic mass is 79.9. The molecule has 0 aliphatic rings. The van der Waals surface area contributed by atoms with Crippen molar-refractivity contribution in [2.45, 2.75) is 4.90 Å². The lowest BCUT2D eigenvalue weighted by Gasteiger charge is -2.04. The minimum atomic E-state index is -3.28. The largest absolute Gasteiger partial charge is 0.323 e. The van der Waals surface area contributed by atoms with E-state index in [2.05, 4.69) is 21.2 Å². The van der Waals surface area contributed by atoms with Crippen LogP contribution in [0.4, 0.5) is 10.1 Å². The van der Waals surface area contributed by atoms with Crippen molar-refractivity contribution >= 4 is 43.4 Å². The van der Waals surface area contributed by atoms with Crippen molar-refractivity contribution in [3.8, 4) is 0 Å². The van der Waals surface area contributed by atoms with Gasteiger partial charge < -0.3 is 5.32 Å². The van der Waals surface area contributed by atoms with Crippen LogP contribution in [0.5, 0.6) is 0 Å². The molecular formula is C16H13BrFNO3S. The molecule has 4 nitrogen and oxygen atoms in total. The molecule has 0 aliphatic heterocycles. The van der Waals surface area contributed by atoms with Gasteiger partial charge in [0.05, 0.1) is 4.90 Å². The lowest BCUT2D eigenvalue weighted by molar-refractivity contribution is -0.111. The SMILES string of the molecule is CS(=O)(=O)c1ccc(NC(=O)/C=C/c2cc(Br)ccc2F)cc1. The predicted molar refractivity (Wildman–Crippen MR) is 91.3 cm³/mol. The lowest BCUT2D eigenvalue weighted by Crippen LogP contribution is -2.08. The fourth-order valence-corrected chi connectivity index (χ4v) is 2.79. The fourth-order valence-electron chi connectivity index (χ4n) is 1.78. The number of carbonyl (C=O) groups excluding carboxylic acids is 1. The summed E-state index contributed by atoms with van der Waals surface area (Å²) in [6.07, 6.45) is 3.67. The molecule has 0 radical (unpaired) electrons. The Morgan fingerprint density at radius 3 is 2.43 bits per heavy atom. The van der Waals surface area contributed by atoms with Gasteiger partial charge in [0, 0.05) is 28.1 Å². The molecule has 0 heterocycles. The third-order valence-corrected chi connectivity index (χ3v) is 4.54. The number of nitrogens with one attached hydrogen (secondary N) is 1. The summed E-state index contributed by atoms with van der Waals surface area (Å²) in [6, 6.07) is 10.2. The quantitative estimate of drug-likeness (QED) is 0.800. The topological polar surface area (TPSA) is 63.2 Å². The van der Waals surface area contributed by atoms with Crippen LogP contribution in [0.2, 0.25) is 0 Å². The second-order valence-corrected chi connectivity index (χ2v) is 7.72. The number of amides is 1. The summed E-state index contributed by atoms with van der Waals surface area (Å²) in [5, 5.41) is 2.57. The van der Waals surface area contributed by atoms with E-state index in [-0.39, 0.29) is 10.5 Å². The molecule has 2 aromatic rings. The number of hydrogen-bond acceptors (Lipinski definition) is 3. The number of carbonyl (C=O) groups is 1. The Kier molecular flexibility index (Phi) is 5.33. The third kappa shape index (κ3) is 5.01. The van der Waals surface area contributed by atoms with Gasteiger partial charge >= 0.3 is 0 Å². The molecule has 7 heteroatoms. The molecule has 23 heavy (non-hydrogen) atoms. The molecule has 0 bridgehead atoms. The van der Waals surface area contributed by atoms with Crippen molar-refractivity contribution in [3.05, 3.63) is 64.4 Å². The van der Waals surface area contributed by atoms with Crippen LogP contribution in [-0.4, -0.2) is 20.6 Å². The van der Waals surface area contributed by atoms with Crippen LogP contribution in [0.15, 0.2) is 57.9 Å². The van der Waals surface area contributed by atoms with Gasteiger partial charge in [0.15, 0.2) is 9.84 Å². The van der Waals surface area contributed by atoms with Crippen molar-refractivity contribution in [1.82, 2.24) is 0 Å². The Morgan fingerprint density at radius 1 is 1.17 bits per heavy atom. The molecule has 2 aromatic carbocycles.